The number of hydrogen-bond acceptors (Lipinski definition) is 6. The highest BCUT2D eigenvalue weighted by Crippen LogP contribution is 2.38. The smallest absolute Gasteiger partial charge is 0.276 e. The van der Waals surface area contributed by atoms with Gasteiger partial charge in [-0.05, 0) is 84.3 Å². The molecule has 0 spiro atoms. The predicted octanol–water partition coefficient (Wildman–Crippen LogP) is 5.14. The molecule has 0 bridgehead atoms. The molecule has 1 atom stereocenters. The lowest BCUT2D eigenvalue weighted by Gasteiger charge is -2.18. The number of nitrogens with zero attached hydrogens (tertiary/aromatic N) is 2. The quantitative estimate of drug-likeness (QED) is 0.212. The molecular weight excluding hydrogens is 523 g/mol. The Morgan fingerprint density at radius 3 is 2.56 bits per heavy atom. The van der Waals surface area contributed by atoms with E-state index in [2.05, 4.69) is 15.7 Å². The van der Waals surface area contributed by atoms with Crippen LogP contribution in [0.1, 0.15) is 51.8 Å². The lowest BCUT2D eigenvalue weighted by molar-refractivity contribution is 0.102. The fourth-order valence-corrected chi connectivity index (χ4v) is 5.47. The minimum Gasteiger partial charge on any atom is -0.496 e. The summed E-state index contributed by atoms with van der Waals surface area (Å²) in [6.45, 7) is 5.20. The molecule has 8 nitrogen and oxygen atoms in total. The third-order valence-electron chi connectivity index (χ3n) is 7.71. The second-order valence-corrected chi connectivity index (χ2v) is 10.3. The van der Waals surface area contributed by atoms with Crippen LogP contribution in [0.3, 0.4) is 0 Å². The van der Waals surface area contributed by atoms with Crippen molar-refractivity contribution in [2.75, 3.05) is 25.6 Å². The van der Waals surface area contributed by atoms with E-state index in [1.807, 2.05) is 56.3 Å². The van der Waals surface area contributed by atoms with Crippen molar-refractivity contribution in [2.45, 2.75) is 45.9 Å². The van der Waals surface area contributed by atoms with E-state index in [9.17, 15) is 9.90 Å². The zero-order valence-corrected chi connectivity index (χ0v) is 23.5. The fourth-order valence-electron chi connectivity index (χ4n) is 5.47. The molecule has 2 heterocycles. The molecule has 5 rings (SSSR count). The number of aliphatic hydroxyl groups excluding tert-OH is 2. The number of methoxy groups -OCH3 is 1. The summed E-state index contributed by atoms with van der Waals surface area (Å²) in [6.07, 6.45) is 0.880. The van der Waals surface area contributed by atoms with Crippen LogP contribution in [-0.2, 0) is 13.1 Å². The van der Waals surface area contributed by atoms with Crippen LogP contribution in [0.15, 0.2) is 54.6 Å². The van der Waals surface area contributed by atoms with Crippen molar-refractivity contribution < 1.29 is 24.1 Å². The third-order valence-corrected chi connectivity index (χ3v) is 7.71. The van der Waals surface area contributed by atoms with Gasteiger partial charge in [0.25, 0.3) is 5.91 Å². The van der Waals surface area contributed by atoms with E-state index < -0.39 is 6.10 Å². The molecule has 9 heteroatoms. The molecule has 0 saturated carbocycles. The van der Waals surface area contributed by atoms with E-state index >= 15 is 4.39 Å². The van der Waals surface area contributed by atoms with Gasteiger partial charge >= 0.3 is 0 Å². The Bertz CT molecular complexity index is 1580. The van der Waals surface area contributed by atoms with E-state index in [1.165, 1.54) is 13.2 Å². The van der Waals surface area contributed by atoms with Crippen molar-refractivity contribution >= 4 is 11.6 Å². The van der Waals surface area contributed by atoms with E-state index in [-0.39, 0.29) is 30.6 Å². The fraction of sp³-hybridized carbons (Fsp3) is 0.312. The lowest BCUT2D eigenvalue weighted by atomic mass is 9.90. The van der Waals surface area contributed by atoms with Crippen molar-refractivity contribution in [1.29, 1.82) is 0 Å². The Morgan fingerprint density at radius 2 is 1.83 bits per heavy atom. The van der Waals surface area contributed by atoms with Crippen molar-refractivity contribution in [2.24, 2.45) is 0 Å². The monoisotopic (exact) mass is 558 g/mol. The molecule has 1 unspecified atom stereocenters. The minimum atomic E-state index is -0.606. The van der Waals surface area contributed by atoms with E-state index in [4.69, 9.17) is 9.84 Å². The highest BCUT2D eigenvalue weighted by Gasteiger charge is 2.23. The number of amides is 1. The number of hydrogen-bond donors (Lipinski definition) is 4. The van der Waals surface area contributed by atoms with Crippen LogP contribution >= 0.6 is 0 Å². The number of ether oxygens (including phenoxy) is 1. The van der Waals surface area contributed by atoms with Crippen LogP contribution in [-0.4, -0.2) is 46.2 Å². The van der Waals surface area contributed by atoms with Gasteiger partial charge in [-0.15, -0.1) is 0 Å². The number of anilines is 1. The van der Waals surface area contributed by atoms with Crippen molar-refractivity contribution in [3.05, 3.63) is 88.5 Å². The molecule has 1 aromatic heterocycles. The summed E-state index contributed by atoms with van der Waals surface area (Å²) in [5.74, 6) is -0.283. The predicted molar refractivity (Wildman–Crippen MR) is 156 cm³/mol. The number of aryl methyl sites for hydroxylation is 1. The summed E-state index contributed by atoms with van der Waals surface area (Å²) in [5, 5.41) is 29.7. The number of halogens is 1. The Balaban J connectivity index is 1.45. The Kier molecular flexibility index (Phi) is 8.49. The van der Waals surface area contributed by atoms with Crippen molar-refractivity contribution in [3.63, 3.8) is 0 Å². The second kappa shape index (κ2) is 12.2. The molecule has 1 aliphatic rings. The Hall–Kier alpha value is -4.05. The summed E-state index contributed by atoms with van der Waals surface area (Å²) >= 11 is 0. The van der Waals surface area contributed by atoms with Crippen molar-refractivity contribution in [1.82, 2.24) is 15.1 Å². The van der Waals surface area contributed by atoms with Gasteiger partial charge < -0.3 is 25.6 Å². The maximum atomic E-state index is 15.2. The second-order valence-electron chi connectivity index (χ2n) is 10.3. The van der Waals surface area contributed by atoms with E-state index in [0.717, 1.165) is 34.2 Å². The number of rotatable bonds is 9. The van der Waals surface area contributed by atoms with Gasteiger partial charge in [-0.2, -0.15) is 5.10 Å². The minimum absolute atomic E-state index is 0.0340. The van der Waals surface area contributed by atoms with Gasteiger partial charge in [0, 0.05) is 30.9 Å². The third kappa shape index (κ3) is 5.74. The van der Waals surface area contributed by atoms with Crippen molar-refractivity contribution in [3.8, 4) is 28.0 Å². The van der Waals surface area contributed by atoms with Gasteiger partial charge in [0.2, 0.25) is 0 Å². The summed E-state index contributed by atoms with van der Waals surface area (Å²) < 4.78 is 22.4. The summed E-state index contributed by atoms with van der Waals surface area (Å²) in [7, 11) is 1.52. The van der Waals surface area contributed by atoms with Crippen LogP contribution < -0.4 is 15.4 Å². The number of fused-ring (bicyclic) bond motifs is 1. The molecule has 0 fully saturated rings. The van der Waals surface area contributed by atoms with Crippen LogP contribution in [0, 0.1) is 19.7 Å². The molecule has 4 aromatic rings. The maximum absolute atomic E-state index is 15.2. The molecular formula is C32H35FN4O4. The van der Waals surface area contributed by atoms with E-state index in [0.29, 0.717) is 47.8 Å². The van der Waals surface area contributed by atoms with Gasteiger partial charge in [-0.3, -0.25) is 9.48 Å². The average Bonchev–Trinajstić information content (AvgIpc) is 3.41. The number of nitrogens with one attached hydrogen (secondary N) is 2. The molecule has 4 N–H and O–H groups in total. The summed E-state index contributed by atoms with van der Waals surface area (Å²) in [4.78, 5) is 13.1. The van der Waals surface area contributed by atoms with Crippen LogP contribution in [0.2, 0.25) is 0 Å². The number of carbonyl (C=O) groups is 1. The molecule has 3 aromatic carbocycles. The van der Waals surface area contributed by atoms with Gasteiger partial charge in [-0.25, -0.2) is 4.39 Å². The largest absolute Gasteiger partial charge is 0.496 e. The zero-order chi connectivity index (χ0) is 29.1. The van der Waals surface area contributed by atoms with Crippen LogP contribution in [0.25, 0.3) is 22.3 Å². The Labute approximate surface area is 238 Å². The van der Waals surface area contributed by atoms with Crippen LogP contribution in [0.5, 0.6) is 5.75 Å². The number of carbonyl (C=O) groups excluding carboxylic acids is 1. The molecule has 0 aliphatic carbocycles. The highest BCUT2D eigenvalue weighted by atomic mass is 19.1. The SMILES string of the molecule is COc1cc(-c2cccc(-c3cccc(NC(=O)c4cc5n(n4)CCCC5O)c3C)c2C)cc(F)c1CNCCO. The molecule has 1 aliphatic heterocycles. The maximum Gasteiger partial charge on any atom is 0.276 e. The first-order valence-electron chi connectivity index (χ1n) is 13.8. The Morgan fingerprint density at radius 1 is 1.10 bits per heavy atom. The van der Waals surface area contributed by atoms with Gasteiger partial charge in [0.15, 0.2) is 5.69 Å². The molecule has 41 heavy (non-hydrogen) atoms. The first kappa shape index (κ1) is 28.5. The molecule has 214 valence electrons. The van der Waals surface area contributed by atoms with E-state index in [1.54, 1.807) is 10.7 Å². The van der Waals surface area contributed by atoms with Gasteiger partial charge in [0.05, 0.1) is 25.5 Å². The summed E-state index contributed by atoms with van der Waals surface area (Å²) in [6, 6.07) is 16.6. The highest BCUT2D eigenvalue weighted by molar-refractivity contribution is 6.04. The average molecular weight is 559 g/mol. The molecule has 0 saturated heterocycles. The van der Waals surface area contributed by atoms with Crippen LogP contribution in [0.4, 0.5) is 10.1 Å². The van der Waals surface area contributed by atoms with Gasteiger partial charge in [-0.1, -0.05) is 30.3 Å². The normalized spacial score (nSPS) is 14.5. The topological polar surface area (TPSA) is 109 Å². The van der Waals surface area contributed by atoms with Gasteiger partial charge in [0.1, 0.15) is 11.6 Å². The lowest BCUT2D eigenvalue weighted by Crippen LogP contribution is -2.18. The number of aromatic nitrogens is 2. The molecule has 0 radical (unpaired) electrons. The first-order chi connectivity index (χ1) is 19.8. The number of aliphatic hydroxyl groups is 2. The zero-order valence-electron chi connectivity index (χ0n) is 23.5. The molecule has 1 amide bonds. The summed E-state index contributed by atoms with van der Waals surface area (Å²) in [5.41, 5.74) is 7.33. The number of benzene rings is 3. The standard InChI is InChI=1S/C32H35FN4O4/c1-19-22(21-15-26(33)25(18-34-12-14-38)31(16-21)41-3)7-4-8-23(19)24-9-5-10-27(20(24)2)35-32(40)28-17-29-30(39)11-6-13-37(29)36-28/h4-5,7-10,15-17,30,34,38-39H,6,11-14,18H2,1-3H3,(H,35,40). The first-order valence-corrected chi connectivity index (χ1v) is 13.8.